The van der Waals surface area contributed by atoms with Crippen molar-refractivity contribution in [2.75, 3.05) is 19.7 Å². The Balaban J connectivity index is 2.25. The van der Waals surface area contributed by atoms with Gasteiger partial charge in [0.05, 0.1) is 23.9 Å². The molecule has 1 fully saturated rings. The first-order valence-electron chi connectivity index (χ1n) is 6.35. The van der Waals surface area contributed by atoms with Gasteiger partial charge in [-0.25, -0.2) is 4.39 Å². The van der Waals surface area contributed by atoms with E-state index >= 15 is 0 Å². The number of halogens is 2. The second-order valence-electron chi connectivity index (χ2n) is 5.49. The highest BCUT2D eigenvalue weighted by Gasteiger charge is 2.36. The van der Waals surface area contributed by atoms with Crippen molar-refractivity contribution >= 4 is 21.8 Å². The monoisotopic (exact) mass is 345 g/mol. The number of aliphatic hydroxyl groups excluding tert-OH is 1. The fraction of sp³-hybridized carbons (Fsp3) is 0.500. The standard InChI is InChI=1S/C14H17BrFNO3/c1-14(2)8-17(6-10(7-18)20-14)13(19)11-5-9(16)3-4-12(11)15/h3-5,10,18H,6-8H2,1-2H3. The molecule has 0 saturated carbocycles. The first kappa shape index (κ1) is 15.4. The van der Waals surface area contributed by atoms with E-state index in [0.29, 0.717) is 17.6 Å². The van der Waals surface area contributed by atoms with Crippen molar-refractivity contribution in [2.45, 2.75) is 25.6 Å². The largest absolute Gasteiger partial charge is 0.394 e. The van der Waals surface area contributed by atoms with Gasteiger partial charge in [-0.05, 0) is 48.0 Å². The maximum Gasteiger partial charge on any atom is 0.255 e. The molecule has 0 bridgehead atoms. The molecular formula is C14H17BrFNO3. The number of hydrogen-bond donors (Lipinski definition) is 1. The van der Waals surface area contributed by atoms with Crippen LogP contribution in [0.15, 0.2) is 22.7 Å². The molecule has 0 aromatic heterocycles. The zero-order chi connectivity index (χ0) is 14.9. The zero-order valence-corrected chi connectivity index (χ0v) is 13.0. The molecule has 1 aliphatic heterocycles. The van der Waals surface area contributed by atoms with Crippen LogP contribution in [0.1, 0.15) is 24.2 Å². The Kier molecular flexibility index (Phi) is 4.46. The molecule has 1 heterocycles. The molecule has 20 heavy (non-hydrogen) atoms. The Hall–Kier alpha value is -0.980. The normalized spacial score (nSPS) is 21.9. The van der Waals surface area contributed by atoms with E-state index in [2.05, 4.69) is 15.9 Å². The van der Waals surface area contributed by atoms with E-state index in [4.69, 9.17) is 4.74 Å². The second kappa shape index (κ2) is 5.79. The van der Waals surface area contributed by atoms with Crippen molar-refractivity contribution in [3.63, 3.8) is 0 Å². The number of carbonyl (C=O) groups excluding carboxylic acids is 1. The highest BCUT2D eigenvalue weighted by atomic mass is 79.9. The van der Waals surface area contributed by atoms with Crippen LogP contribution in [0.25, 0.3) is 0 Å². The summed E-state index contributed by atoms with van der Waals surface area (Å²) in [6.45, 7) is 4.25. The van der Waals surface area contributed by atoms with Gasteiger partial charge in [0.2, 0.25) is 0 Å². The maximum absolute atomic E-state index is 13.3. The Morgan fingerprint density at radius 2 is 2.30 bits per heavy atom. The highest BCUT2D eigenvalue weighted by Crippen LogP contribution is 2.25. The van der Waals surface area contributed by atoms with Crippen LogP contribution < -0.4 is 0 Å². The fourth-order valence-electron chi connectivity index (χ4n) is 2.38. The molecule has 2 rings (SSSR count). The van der Waals surface area contributed by atoms with E-state index in [0.717, 1.165) is 0 Å². The van der Waals surface area contributed by atoms with Gasteiger partial charge in [-0.2, -0.15) is 0 Å². The van der Waals surface area contributed by atoms with E-state index in [9.17, 15) is 14.3 Å². The Morgan fingerprint density at radius 1 is 1.60 bits per heavy atom. The van der Waals surface area contributed by atoms with Crippen molar-refractivity contribution in [3.8, 4) is 0 Å². The second-order valence-corrected chi connectivity index (χ2v) is 6.35. The number of benzene rings is 1. The van der Waals surface area contributed by atoms with E-state index in [1.807, 2.05) is 13.8 Å². The molecule has 1 unspecified atom stereocenters. The smallest absolute Gasteiger partial charge is 0.255 e. The topological polar surface area (TPSA) is 49.8 Å². The SMILES string of the molecule is CC1(C)CN(C(=O)c2cc(F)ccc2Br)CC(CO)O1. The predicted octanol–water partition coefficient (Wildman–Crippen LogP) is 2.20. The van der Waals surface area contributed by atoms with Gasteiger partial charge in [-0.1, -0.05) is 0 Å². The maximum atomic E-state index is 13.3. The molecule has 0 spiro atoms. The molecule has 0 radical (unpaired) electrons. The third kappa shape index (κ3) is 3.37. The van der Waals surface area contributed by atoms with Gasteiger partial charge in [-0.3, -0.25) is 4.79 Å². The molecule has 1 N–H and O–H groups in total. The predicted molar refractivity (Wildman–Crippen MR) is 76.0 cm³/mol. The molecule has 1 aromatic rings. The van der Waals surface area contributed by atoms with Gasteiger partial charge in [0.1, 0.15) is 5.82 Å². The van der Waals surface area contributed by atoms with Crippen molar-refractivity contribution < 1.29 is 19.0 Å². The molecule has 1 atom stereocenters. The average Bonchev–Trinajstić information content (AvgIpc) is 2.38. The minimum Gasteiger partial charge on any atom is -0.394 e. The highest BCUT2D eigenvalue weighted by molar-refractivity contribution is 9.10. The molecule has 4 nitrogen and oxygen atoms in total. The summed E-state index contributed by atoms with van der Waals surface area (Å²) in [5, 5.41) is 9.26. The zero-order valence-electron chi connectivity index (χ0n) is 11.4. The molecule has 1 aliphatic rings. The number of carbonyl (C=O) groups is 1. The number of morpholine rings is 1. The summed E-state index contributed by atoms with van der Waals surface area (Å²) in [5.74, 6) is -0.728. The lowest BCUT2D eigenvalue weighted by Gasteiger charge is -2.42. The minimum absolute atomic E-state index is 0.155. The first-order valence-corrected chi connectivity index (χ1v) is 7.15. The third-order valence-corrected chi connectivity index (χ3v) is 3.82. The number of ether oxygens (including phenoxy) is 1. The lowest BCUT2D eigenvalue weighted by atomic mass is 10.0. The van der Waals surface area contributed by atoms with E-state index in [1.165, 1.54) is 18.2 Å². The number of rotatable bonds is 2. The summed E-state index contributed by atoms with van der Waals surface area (Å²) >= 11 is 3.26. The summed E-state index contributed by atoms with van der Waals surface area (Å²) in [7, 11) is 0. The average molecular weight is 346 g/mol. The summed E-state index contributed by atoms with van der Waals surface area (Å²) < 4.78 is 19.5. The van der Waals surface area contributed by atoms with Crippen molar-refractivity contribution in [1.82, 2.24) is 4.90 Å². The van der Waals surface area contributed by atoms with Crippen LogP contribution in [0.4, 0.5) is 4.39 Å². The van der Waals surface area contributed by atoms with Crippen LogP contribution in [0.3, 0.4) is 0 Å². The van der Waals surface area contributed by atoms with Gasteiger partial charge in [-0.15, -0.1) is 0 Å². The van der Waals surface area contributed by atoms with Crippen molar-refractivity contribution in [3.05, 3.63) is 34.1 Å². The third-order valence-electron chi connectivity index (χ3n) is 3.13. The summed E-state index contributed by atoms with van der Waals surface area (Å²) in [6.07, 6.45) is -0.421. The number of aliphatic hydroxyl groups is 1. The van der Waals surface area contributed by atoms with E-state index in [-0.39, 0.29) is 18.1 Å². The lowest BCUT2D eigenvalue weighted by Crippen LogP contribution is -2.55. The quantitative estimate of drug-likeness (QED) is 0.893. The molecule has 1 aromatic carbocycles. The number of hydrogen-bond acceptors (Lipinski definition) is 3. The molecule has 6 heteroatoms. The van der Waals surface area contributed by atoms with Crippen molar-refractivity contribution in [1.29, 1.82) is 0 Å². The number of nitrogens with zero attached hydrogens (tertiary/aromatic N) is 1. The van der Waals surface area contributed by atoms with Crippen LogP contribution in [0.5, 0.6) is 0 Å². The Labute approximate surface area is 125 Å². The summed E-state index contributed by atoms with van der Waals surface area (Å²) in [4.78, 5) is 14.1. The van der Waals surface area contributed by atoms with Crippen LogP contribution >= 0.6 is 15.9 Å². The van der Waals surface area contributed by atoms with Crippen molar-refractivity contribution in [2.24, 2.45) is 0 Å². The van der Waals surface area contributed by atoms with E-state index < -0.39 is 17.5 Å². The van der Waals surface area contributed by atoms with E-state index in [1.54, 1.807) is 4.90 Å². The van der Waals surface area contributed by atoms with Crippen LogP contribution in [-0.2, 0) is 4.74 Å². The summed E-state index contributed by atoms with van der Waals surface area (Å²) in [5.41, 5.74) is -0.263. The lowest BCUT2D eigenvalue weighted by molar-refractivity contribution is -0.139. The van der Waals surface area contributed by atoms with Crippen LogP contribution in [0.2, 0.25) is 0 Å². The summed E-state index contributed by atoms with van der Waals surface area (Å²) in [6, 6.07) is 4.02. The van der Waals surface area contributed by atoms with Crippen LogP contribution in [0, 0.1) is 5.82 Å². The molecule has 110 valence electrons. The fourth-order valence-corrected chi connectivity index (χ4v) is 2.79. The molecule has 1 saturated heterocycles. The first-order chi connectivity index (χ1) is 9.32. The van der Waals surface area contributed by atoms with Gasteiger partial charge < -0.3 is 14.7 Å². The van der Waals surface area contributed by atoms with Crippen LogP contribution in [-0.4, -0.2) is 47.3 Å². The molecule has 1 amide bonds. The molecular weight excluding hydrogens is 329 g/mol. The molecule has 0 aliphatic carbocycles. The van der Waals surface area contributed by atoms with Gasteiger partial charge in [0.15, 0.2) is 0 Å². The van der Waals surface area contributed by atoms with Gasteiger partial charge in [0.25, 0.3) is 5.91 Å². The Bertz CT molecular complexity index is 521. The number of amides is 1. The minimum atomic E-state index is -0.541. The van der Waals surface area contributed by atoms with Gasteiger partial charge in [0, 0.05) is 17.6 Å². The Morgan fingerprint density at radius 3 is 2.95 bits per heavy atom. The van der Waals surface area contributed by atoms with Gasteiger partial charge >= 0.3 is 0 Å².